The lowest BCUT2D eigenvalue weighted by Gasteiger charge is -2.42. The average molecular weight is 584 g/mol. The molecule has 0 spiro atoms. The van der Waals surface area contributed by atoms with Gasteiger partial charge in [0, 0.05) is 6.54 Å². The van der Waals surface area contributed by atoms with E-state index in [2.05, 4.69) is 4.90 Å². The lowest BCUT2D eigenvalue weighted by atomic mass is 9.72. The maximum absolute atomic E-state index is 12.7. The Morgan fingerprint density at radius 1 is 0.780 bits per heavy atom. The van der Waals surface area contributed by atoms with E-state index in [1.165, 1.54) is 12.1 Å². The van der Waals surface area contributed by atoms with Crippen molar-refractivity contribution in [3.8, 4) is 5.75 Å². The highest BCUT2D eigenvalue weighted by molar-refractivity contribution is 5.73. The Bertz CT molecular complexity index is 1170. The number of nitrogens with zero attached hydrogens (tertiary/aromatic N) is 1. The van der Waals surface area contributed by atoms with E-state index in [0.29, 0.717) is 12.4 Å². The number of carbonyl (C=O) groups is 1. The smallest absolute Gasteiger partial charge is 0.490 e. The summed E-state index contributed by atoms with van der Waals surface area (Å²) >= 11 is 0. The van der Waals surface area contributed by atoms with E-state index >= 15 is 0 Å². The molecule has 0 saturated carbocycles. The number of hydrogen-bond donors (Lipinski definition) is 2. The van der Waals surface area contributed by atoms with Crippen LogP contribution in [0, 0.1) is 5.92 Å². The Hall–Kier alpha value is -3.57. The van der Waals surface area contributed by atoms with Gasteiger partial charge in [0.15, 0.2) is 0 Å². The summed E-state index contributed by atoms with van der Waals surface area (Å²) < 4.78 is 75.4. The van der Waals surface area contributed by atoms with Gasteiger partial charge >= 0.3 is 18.3 Å². The van der Waals surface area contributed by atoms with Gasteiger partial charge in [0.25, 0.3) is 0 Å². The normalized spacial score (nSPS) is 15.1. The Kier molecular flexibility index (Phi) is 10.8. The predicted molar refractivity (Wildman–Crippen MR) is 140 cm³/mol. The van der Waals surface area contributed by atoms with E-state index in [1.807, 2.05) is 60.7 Å². The minimum atomic E-state index is -5.08. The molecule has 1 heterocycles. The number of hydrogen-bond acceptors (Lipinski definition) is 4. The van der Waals surface area contributed by atoms with Crippen LogP contribution in [0.5, 0.6) is 5.75 Å². The third kappa shape index (κ3) is 8.96. The van der Waals surface area contributed by atoms with Crippen LogP contribution in [-0.2, 0) is 16.6 Å². The van der Waals surface area contributed by atoms with Crippen molar-refractivity contribution < 1.29 is 46.1 Å². The van der Waals surface area contributed by atoms with Crippen molar-refractivity contribution in [3.63, 3.8) is 0 Å². The highest BCUT2D eigenvalue weighted by Crippen LogP contribution is 2.42. The van der Waals surface area contributed by atoms with E-state index in [4.69, 9.17) is 14.6 Å². The molecule has 0 unspecified atom stereocenters. The Balaban J connectivity index is 0.000000587. The van der Waals surface area contributed by atoms with Crippen LogP contribution in [0.15, 0.2) is 84.9 Å². The van der Waals surface area contributed by atoms with Crippen LogP contribution in [0.2, 0.25) is 0 Å². The number of carboxylic acids is 1. The fourth-order valence-corrected chi connectivity index (χ4v) is 4.82. The Labute approximate surface area is 234 Å². The fraction of sp³-hybridized carbons (Fsp3) is 0.367. The molecular formula is C30H31F6NO4. The molecule has 0 amide bonds. The first-order valence-electron chi connectivity index (χ1n) is 13.0. The second-order valence-corrected chi connectivity index (χ2v) is 9.64. The summed E-state index contributed by atoms with van der Waals surface area (Å²) in [6.07, 6.45) is -6.88. The van der Waals surface area contributed by atoms with Crippen LogP contribution in [0.4, 0.5) is 26.3 Å². The van der Waals surface area contributed by atoms with Crippen molar-refractivity contribution in [2.75, 3.05) is 26.2 Å². The summed E-state index contributed by atoms with van der Waals surface area (Å²) in [7, 11) is 0. The van der Waals surface area contributed by atoms with Gasteiger partial charge in [-0.15, -0.1) is 0 Å². The Morgan fingerprint density at radius 2 is 1.24 bits per heavy atom. The van der Waals surface area contributed by atoms with Gasteiger partial charge in [-0.05, 0) is 73.7 Å². The SMILES string of the molecule is O=C(O)C(F)(F)F.OC(c1ccccc1)(c1ccccc1)C1CCN(CCCOc2ccc(C(F)(F)F)cc2)CC1. The number of ether oxygens (including phenoxy) is 1. The molecule has 0 radical (unpaired) electrons. The number of piperidine rings is 1. The summed E-state index contributed by atoms with van der Waals surface area (Å²) in [5.41, 5.74) is 0.142. The average Bonchev–Trinajstić information content (AvgIpc) is 2.96. The summed E-state index contributed by atoms with van der Waals surface area (Å²) in [5.74, 6) is -2.20. The zero-order valence-corrected chi connectivity index (χ0v) is 22.0. The van der Waals surface area contributed by atoms with E-state index in [0.717, 1.165) is 62.2 Å². The van der Waals surface area contributed by atoms with Crippen molar-refractivity contribution >= 4 is 5.97 Å². The molecule has 1 saturated heterocycles. The molecule has 41 heavy (non-hydrogen) atoms. The van der Waals surface area contributed by atoms with Crippen LogP contribution >= 0.6 is 0 Å². The molecule has 1 fully saturated rings. The van der Waals surface area contributed by atoms with Crippen LogP contribution < -0.4 is 4.74 Å². The summed E-state index contributed by atoms with van der Waals surface area (Å²) in [6, 6.07) is 24.6. The third-order valence-electron chi connectivity index (χ3n) is 6.92. The number of aliphatic carboxylic acids is 1. The monoisotopic (exact) mass is 583 g/mol. The zero-order valence-electron chi connectivity index (χ0n) is 22.0. The number of carboxylic acid groups (broad SMARTS) is 1. The number of benzene rings is 3. The van der Waals surface area contributed by atoms with Gasteiger partial charge in [0.1, 0.15) is 11.4 Å². The van der Waals surface area contributed by atoms with Crippen LogP contribution in [0.25, 0.3) is 0 Å². The fourth-order valence-electron chi connectivity index (χ4n) is 4.82. The first kappa shape index (κ1) is 32.0. The van der Waals surface area contributed by atoms with Gasteiger partial charge in [-0.2, -0.15) is 26.3 Å². The highest BCUT2D eigenvalue weighted by atomic mass is 19.4. The number of likely N-dealkylation sites (tertiary alicyclic amines) is 1. The Morgan fingerprint density at radius 3 is 1.66 bits per heavy atom. The number of aliphatic hydroxyl groups is 1. The summed E-state index contributed by atoms with van der Waals surface area (Å²) in [6.45, 7) is 3.06. The molecule has 1 aliphatic rings. The lowest BCUT2D eigenvalue weighted by molar-refractivity contribution is -0.192. The highest BCUT2D eigenvalue weighted by Gasteiger charge is 2.41. The van der Waals surface area contributed by atoms with E-state index < -0.39 is 29.5 Å². The maximum atomic E-state index is 12.7. The number of rotatable bonds is 8. The van der Waals surface area contributed by atoms with Crippen molar-refractivity contribution in [1.29, 1.82) is 0 Å². The quantitative estimate of drug-likeness (QED) is 0.227. The molecule has 0 aromatic heterocycles. The van der Waals surface area contributed by atoms with Crippen molar-refractivity contribution in [2.45, 2.75) is 37.2 Å². The second-order valence-electron chi connectivity index (χ2n) is 9.64. The molecule has 222 valence electrons. The molecule has 0 atom stereocenters. The van der Waals surface area contributed by atoms with Crippen molar-refractivity contribution in [3.05, 3.63) is 102 Å². The van der Waals surface area contributed by atoms with E-state index in [1.54, 1.807) is 0 Å². The first-order valence-corrected chi connectivity index (χ1v) is 13.0. The zero-order chi connectivity index (χ0) is 30.1. The number of alkyl halides is 6. The molecule has 3 aromatic rings. The van der Waals surface area contributed by atoms with Gasteiger partial charge in [-0.1, -0.05) is 60.7 Å². The summed E-state index contributed by atoms with van der Waals surface area (Å²) in [4.78, 5) is 11.3. The molecule has 0 bridgehead atoms. The molecule has 3 aromatic carbocycles. The standard InChI is InChI=1S/C28H30F3NO2.C2HF3O2/c29-28(30,31)25-12-14-26(15-13-25)34-21-7-18-32-19-16-24(17-20-32)27(33,22-8-3-1-4-9-22)23-10-5-2-6-11-23;3-2(4,5)1(6)7/h1-6,8-15,24,33H,7,16-21H2;(H,6,7). The van der Waals surface area contributed by atoms with Gasteiger partial charge in [0.2, 0.25) is 0 Å². The molecule has 11 heteroatoms. The van der Waals surface area contributed by atoms with E-state index in [9.17, 15) is 31.4 Å². The van der Waals surface area contributed by atoms with Gasteiger partial charge in [0.05, 0.1) is 12.2 Å². The molecule has 2 N–H and O–H groups in total. The second kappa shape index (κ2) is 13.9. The topological polar surface area (TPSA) is 70.0 Å². The van der Waals surface area contributed by atoms with Crippen LogP contribution in [0.1, 0.15) is 36.0 Å². The predicted octanol–water partition coefficient (Wildman–Crippen LogP) is 6.76. The first-order chi connectivity index (χ1) is 19.3. The largest absolute Gasteiger partial charge is 0.494 e. The van der Waals surface area contributed by atoms with Crippen LogP contribution in [0.3, 0.4) is 0 Å². The van der Waals surface area contributed by atoms with E-state index in [-0.39, 0.29) is 5.92 Å². The molecule has 4 rings (SSSR count). The molecule has 0 aliphatic carbocycles. The van der Waals surface area contributed by atoms with Gasteiger partial charge in [-0.25, -0.2) is 4.79 Å². The molecule has 5 nitrogen and oxygen atoms in total. The van der Waals surface area contributed by atoms with Gasteiger partial charge < -0.3 is 19.8 Å². The van der Waals surface area contributed by atoms with Crippen molar-refractivity contribution in [1.82, 2.24) is 4.90 Å². The van der Waals surface area contributed by atoms with Gasteiger partial charge in [-0.3, -0.25) is 0 Å². The number of halogens is 6. The third-order valence-corrected chi connectivity index (χ3v) is 6.92. The maximum Gasteiger partial charge on any atom is 0.490 e. The van der Waals surface area contributed by atoms with Crippen molar-refractivity contribution in [2.24, 2.45) is 5.92 Å². The lowest BCUT2D eigenvalue weighted by Crippen LogP contribution is -2.44. The molecular weight excluding hydrogens is 552 g/mol. The molecule has 1 aliphatic heterocycles. The summed E-state index contributed by atoms with van der Waals surface area (Å²) in [5, 5.41) is 19.1. The minimum absolute atomic E-state index is 0.108. The van der Waals surface area contributed by atoms with Crippen LogP contribution in [-0.4, -0.2) is 53.5 Å². The minimum Gasteiger partial charge on any atom is -0.494 e.